The minimum atomic E-state index is 0.404. The predicted molar refractivity (Wildman–Crippen MR) is 186 cm³/mol. The van der Waals surface area contributed by atoms with Gasteiger partial charge in [-0.15, -0.1) is 0 Å². The highest BCUT2D eigenvalue weighted by Crippen LogP contribution is 2.21. The highest BCUT2D eigenvalue weighted by Gasteiger charge is 2.10. The third-order valence-electron chi connectivity index (χ3n) is 5.71. The van der Waals surface area contributed by atoms with E-state index in [1.165, 1.54) is 36.8 Å². The van der Waals surface area contributed by atoms with Gasteiger partial charge in [0, 0.05) is 0 Å². The average molecular weight is 543 g/mol. The van der Waals surface area contributed by atoms with Crippen LogP contribution in [0.5, 0.6) is 0 Å². The summed E-state index contributed by atoms with van der Waals surface area (Å²) < 4.78 is 0. The van der Waals surface area contributed by atoms with Crippen molar-refractivity contribution in [2.24, 2.45) is 21.7 Å². The van der Waals surface area contributed by atoms with Crippen molar-refractivity contribution in [2.45, 2.75) is 157 Å². The Balaban J connectivity index is -0.000000209. The molecule has 2 rings (SSSR count). The van der Waals surface area contributed by atoms with Gasteiger partial charge in [0.25, 0.3) is 0 Å². The van der Waals surface area contributed by atoms with Crippen LogP contribution in [0.2, 0.25) is 0 Å². The van der Waals surface area contributed by atoms with Crippen molar-refractivity contribution in [2.75, 3.05) is 0 Å². The number of hydrogen-bond acceptors (Lipinski definition) is 0. The van der Waals surface area contributed by atoms with Crippen molar-refractivity contribution < 1.29 is 0 Å². The molecule has 2 aromatic carbocycles. The standard InChI is InChI=1S/C12H18.C11H16.2C6H14.2C2H6/c1-12(2,3)10-9-11-7-5-4-6-8-11;1-11(2,3)9-10-7-5-4-6-8-10;2*1-5-6(2,3)4;2*1-2/h4-8H,9-10H2,1-3H3;4-8H,9H2,1-3H3;2*5H2,1-4H3;2*1-2H3. The van der Waals surface area contributed by atoms with E-state index in [1.807, 2.05) is 27.7 Å². The molecule has 0 aliphatic carbocycles. The van der Waals surface area contributed by atoms with E-state index in [0.29, 0.717) is 21.7 Å². The SMILES string of the molecule is CC.CC.CC(C)(C)CCc1ccccc1.CC(C)(C)Cc1ccccc1.CCC(C)(C)C.CCC(C)(C)C. The maximum absolute atomic E-state index is 2.29. The Labute approximate surface area is 249 Å². The Morgan fingerprint density at radius 1 is 0.410 bits per heavy atom. The van der Waals surface area contributed by atoms with Crippen LogP contribution >= 0.6 is 0 Å². The van der Waals surface area contributed by atoms with Crippen molar-refractivity contribution in [3.63, 3.8) is 0 Å². The fourth-order valence-electron chi connectivity index (χ4n) is 2.37. The third-order valence-corrected chi connectivity index (χ3v) is 5.71. The van der Waals surface area contributed by atoms with Crippen molar-refractivity contribution >= 4 is 0 Å². The summed E-state index contributed by atoms with van der Waals surface area (Å²) in [6, 6.07) is 21.3. The van der Waals surface area contributed by atoms with Gasteiger partial charge in [-0.1, -0.05) is 198 Å². The molecule has 0 aromatic heterocycles. The lowest BCUT2D eigenvalue weighted by atomic mass is 9.88. The summed E-state index contributed by atoms with van der Waals surface area (Å²) in [4.78, 5) is 0. The molecule has 0 atom stereocenters. The fourth-order valence-corrected chi connectivity index (χ4v) is 2.37. The van der Waals surface area contributed by atoms with Crippen LogP contribution in [0.25, 0.3) is 0 Å². The molecule has 2 aromatic rings. The summed E-state index contributed by atoms with van der Waals surface area (Å²) in [5.74, 6) is 0. The largest absolute Gasteiger partial charge is 0.0683 e. The van der Waals surface area contributed by atoms with Crippen LogP contribution in [0.15, 0.2) is 60.7 Å². The zero-order valence-electron chi connectivity index (χ0n) is 30.3. The number of aryl methyl sites for hydroxylation is 1. The molecule has 0 heteroatoms. The van der Waals surface area contributed by atoms with Gasteiger partial charge in [0.05, 0.1) is 0 Å². The second-order valence-corrected chi connectivity index (χ2v) is 14.6. The summed E-state index contributed by atoms with van der Waals surface area (Å²) in [5.41, 5.74) is 4.82. The topological polar surface area (TPSA) is 0 Å². The van der Waals surface area contributed by atoms with E-state index in [0.717, 1.165) is 6.42 Å². The first-order valence-electron chi connectivity index (χ1n) is 15.9. The van der Waals surface area contributed by atoms with Gasteiger partial charge in [-0.2, -0.15) is 0 Å². The average Bonchev–Trinajstić information content (AvgIpc) is 2.85. The molecule has 0 aliphatic rings. The van der Waals surface area contributed by atoms with E-state index in [1.54, 1.807) is 0 Å². The Kier molecular flexibility index (Phi) is 27.6. The molecule has 0 aliphatic heterocycles. The first-order valence-corrected chi connectivity index (χ1v) is 15.9. The van der Waals surface area contributed by atoms with Gasteiger partial charge < -0.3 is 0 Å². The lowest BCUT2D eigenvalue weighted by molar-refractivity contribution is 0.378. The molecule has 0 amide bonds. The quantitative estimate of drug-likeness (QED) is 0.362. The summed E-state index contributed by atoms with van der Waals surface area (Å²) in [6.07, 6.45) is 6.16. The van der Waals surface area contributed by atoms with E-state index in [-0.39, 0.29) is 0 Å². The summed E-state index contributed by atoms with van der Waals surface area (Å²) in [6.45, 7) is 39.5. The van der Waals surface area contributed by atoms with Gasteiger partial charge in [0.15, 0.2) is 0 Å². The van der Waals surface area contributed by atoms with Gasteiger partial charge in [-0.25, -0.2) is 0 Å². The van der Waals surface area contributed by atoms with Gasteiger partial charge in [-0.05, 0) is 52.0 Å². The Bertz CT molecular complexity index is 696. The molecule has 0 unspecified atom stereocenters. The van der Waals surface area contributed by atoms with E-state index in [2.05, 4.69) is 158 Å². The maximum atomic E-state index is 2.29. The molecular formula is C39H74. The molecule has 230 valence electrons. The Morgan fingerprint density at radius 3 is 0.923 bits per heavy atom. The van der Waals surface area contributed by atoms with Crippen LogP contribution in [0, 0.1) is 21.7 Å². The number of hydrogen-bond donors (Lipinski definition) is 0. The minimum Gasteiger partial charge on any atom is -0.0683 e. The minimum absolute atomic E-state index is 0.404. The smallest absolute Gasteiger partial charge is 0.0230 e. The fraction of sp³-hybridized carbons (Fsp3) is 0.692. The summed E-state index contributed by atoms with van der Waals surface area (Å²) >= 11 is 0. The highest BCUT2D eigenvalue weighted by molar-refractivity contribution is 5.16. The molecule has 0 spiro atoms. The highest BCUT2D eigenvalue weighted by atomic mass is 14.2. The lowest BCUT2D eigenvalue weighted by Crippen LogP contribution is -2.08. The second kappa shape index (κ2) is 24.3. The second-order valence-electron chi connectivity index (χ2n) is 14.6. The van der Waals surface area contributed by atoms with E-state index in [9.17, 15) is 0 Å². The van der Waals surface area contributed by atoms with E-state index < -0.39 is 0 Å². The van der Waals surface area contributed by atoms with E-state index in [4.69, 9.17) is 0 Å². The molecule has 0 heterocycles. The maximum Gasteiger partial charge on any atom is -0.0230 e. The molecule has 0 nitrogen and oxygen atoms in total. The van der Waals surface area contributed by atoms with Crippen LogP contribution < -0.4 is 0 Å². The zero-order valence-corrected chi connectivity index (χ0v) is 30.3. The molecule has 0 saturated heterocycles. The van der Waals surface area contributed by atoms with Crippen LogP contribution in [0.1, 0.15) is 155 Å². The number of benzene rings is 2. The first kappa shape index (κ1) is 44.5. The Morgan fingerprint density at radius 2 is 0.692 bits per heavy atom. The normalized spacial score (nSPS) is 10.8. The summed E-state index contributed by atoms with van der Waals surface area (Å²) in [5, 5.41) is 0. The first-order chi connectivity index (χ1) is 17.8. The zero-order chi connectivity index (χ0) is 31.8. The van der Waals surface area contributed by atoms with Crippen molar-refractivity contribution in [1.29, 1.82) is 0 Å². The predicted octanol–water partition coefficient (Wildman–Crippen LogP) is 13.9. The van der Waals surface area contributed by atoms with Crippen LogP contribution in [0.3, 0.4) is 0 Å². The molecule has 39 heavy (non-hydrogen) atoms. The number of rotatable bonds is 3. The van der Waals surface area contributed by atoms with E-state index >= 15 is 0 Å². The van der Waals surface area contributed by atoms with Crippen molar-refractivity contribution in [1.82, 2.24) is 0 Å². The molecule has 0 radical (unpaired) electrons. The van der Waals surface area contributed by atoms with Crippen molar-refractivity contribution in [3.05, 3.63) is 71.8 Å². The molecule has 0 N–H and O–H groups in total. The Hall–Kier alpha value is -1.56. The third kappa shape index (κ3) is 43.7. The van der Waals surface area contributed by atoms with Gasteiger partial charge in [0.2, 0.25) is 0 Å². The van der Waals surface area contributed by atoms with Crippen molar-refractivity contribution in [3.8, 4) is 0 Å². The lowest BCUT2D eigenvalue weighted by Gasteiger charge is -2.17. The van der Waals surface area contributed by atoms with Gasteiger partial charge in [0.1, 0.15) is 0 Å². The molecule has 0 fully saturated rings. The summed E-state index contributed by atoms with van der Waals surface area (Å²) in [7, 11) is 0. The van der Waals surface area contributed by atoms with Crippen LogP contribution in [-0.4, -0.2) is 0 Å². The van der Waals surface area contributed by atoms with Crippen LogP contribution in [0.4, 0.5) is 0 Å². The molecular weight excluding hydrogens is 468 g/mol. The molecule has 0 saturated carbocycles. The van der Waals surface area contributed by atoms with Gasteiger partial charge in [-0.3, -0.25) is 0 Å². The molecule has 0 bridgehead atoms. The van der Waals surface area contributed by atoms with Gasteiger partial charge >= 0.3 is 0 Å². The monoisotopic (exact) mass is 543 g/mol. The van der Waals surface area contributed by atoms with Crippen LogP contribution in [-0.2, 0) is 12.8 Å².